The van der Waals surface area contributed by atoms with Gasteiger partial charge in [0.05, 0.1) is 6.61 Å². The van der Waals surface area contributed by atoms with Crippen molar-refractivity contribution >= 4 is 5.78 Å². The van der Waals surface area contributed by atoms with Crippen LogP contribution in [-0.4, -0.2) is 40.1 Å². The van der Waals surface area contributed by atoms with E-state index >= 15 is 0 Å². The molecular weight excluding hydrogens is 242 g/mol. The van der Waals surface area contributed by atoms with E-state index < -0.39 is 0 Å². The van der Waals surface area contributed by atoms with Gasteiger partial charge in [-0.05, 0) is 38.0 Å². The van der Waals surface area contributed by atoms with Crippen LogP contribution in [0.3, 0.4) is 0 Å². The van der Waals surface area contributed by atoms with Crippen molar-refractivity contribution in [3.8, 4) is 5.75 Å². The van der Waals surface area contributed by atoms with Gasteiger partial charge < -0.3 is 10.2 Å². The van der Waals surface area contributed by atoms with Crippen LogP contribution in [0.15, 0.2) is 18.2 Å². The SMILES string of the molecule is CC(=O)c1ccc(O)c(CN(CCO)C2CCC2)c1. The highest BCUT2D eigenvalue weighted by molar-refractivity contribution is 5.94. The Bertz CT molecular complexity index is 455. The molecule has 4 heteroatoms. The number of aliphatic hydroxyl groups is 1. The summed E-state index contributed by atoms with van der Waals surface area (Å²) in [5.41, 5.74) is 1.37. The van der Waals surface area contributed by atoms with E-state index in [1.165, 1.54) is 13.3 Å². The van der Waals surface area contributed by atoms with Crippen LogP contribution in [0.25, 0.3) is 0 Å². The van der Waals surface area contributed by atoms with Gasteiger partial charge in [0.1, 0.15) is 5.75 Å². The largest absolute Gasteiger partial charge is 0.508 e. The second-order valence-corrected chi connectivity index (χ2v) is 5.18. The molecule has 19 heavy (non-hydrogen) atoms. The summed E-state index contributed by atoms with van der Waals surface area (Å²) in [7, 11) is 0. The topological polar surface area (TPSA) is 60.8 Å². The monoisotopic (exact) mass is 263 g/mol. The smallest absolute Gasteiger partial charge is 0.159 e. The zero-order valence-corrected chi connectivity index (χ0v) is 11.3. The molecule has 1 saturated carbocycles. The summed E-state index contributed by atoms with van der Waals surface area (Å²) in [6.45, 7) is 2.82. The third-order valence-corrected chi connectivity index (χ3v) is 3.84. The molecule has 0 spiro atoms. The predicted molar refractivity (Wildman–Crippen MR) is 73.2 cm³/mol. The van der Waals surface area contributed by atoms with E-state index in [2.05, 4.69) is 4.90 Å². The molecule has 1 fully saturated rings. The van der Waals surface area contributed by atoms with Gasteiger partial charge in [0.2, 0.25) is 0 Å². The van der Waals surface area contributed by atoms with Gasteiger partial charge in [-0.15, -0.1) is 0 Å². The fraction of sp³-hybridized carbons (Fsp3) is 0.533. The maximum atomic E-state index is 11.4. The third-order valence-electron chi connectivity index (χ3n) is 3.84. The first-order valence-electron chi connectivity index (χ1n) is 6.79. The summed E-state index contributed by atoms with van der Waals surface area (Å²) in [6, 6.07) is 5.46. The van der Waals surface area contributed by atoms with Crippen LogP contribution in [0.5, 0.6) is 5.75 Å². The minimum absolute atomic E-state index is 0.00129. The molecule has 0 radical (unpaired) electrons. The Hall–Kier alpha value is -1.39. The van der Waals surface area contributed by atoms with E-state index in [1.54, 1.807) is 18.2 Å². The lowest BCUT2D eigenvalue weighted by Crippen LogP contribution is -2.41. The minimum atomic E-state index is -0.00129. The Morgan fingerprint density at radius 2 is 2.16 bits per heavy atom. The Balaban J connectivity index is 2.15. The van der Waals surface area contributed by atoms with Crippen molar-refractivity contribution in [2.24, 2.45) is 0 Å². The zero-order chi connectivity index (χ0) is 13.8. The number of rotatable bonds is 6. The average Bonchev–Trinajstić information content (AvgIpc) is 2.29. The van der Waals surface area contributed by atoms with Crippen molar-refractivity contribution in [2.75, 3.05) is 13.2 Å². The van der Waals surface area contributed by atoms with Crippen LogP contribution in [0.4, 0.5) is 0 Å². The second kappa shape index (κ2) is 6.17. The van der Waals surface area contributed by atoms with Crippen LogP contribution >= 0.6 is 0 Å². The Morgan fingerprint density at radius 3 is 2.68 bits per heavy atom. The Morgan fingerprint density at radius 1 is 1.42 bits per heavy atom. The molecule has 0 aromatic heterocycles. The van der Waals surface area contributed by atoms with Gasteiger partial charge in [0.15, 0.2) is 5.78 Å². The molecule has 4 nitrogen and oxygen atoms in total. The number of carbonyl (C=O) groups excluding carboxylic acids is 1. The molecule has 0 amide bonds. The molecule has 0 heterocycles. The number of nitrogens with zero attached hydrogens (tertiary/aromatic N) is 1. The number of benzene rings is 1. The maximum absolute atomic E-state index is 11.4. The lowest BCUT2D eigenvalue weighted by atomic mass is 9.91. The molecule has 0 bridgehead atoms. The number of aliphatic hydroxyl groups excluding tert-OH is 1. The summed E-state index contributed by atoms with van der Waals surface area (Å²) in [6.07, 6.45) is 3.52. The number of hydrogen-bond acceptors (Lipinski definition) is 4. The number of phenolic OH excluding ortho intramolecular Hbond substituents is 1. The van der Waals surface area contributed by atoms with E-state index in [0.29, 0.717) is 24.7 Å². The standard InChI is InChI=1S/C15H21NO3/c1-11(18)12-5-6-15(19)13(9-12)10-16(7-8-17)14-3-2-4-14/h5-6,9,14,17,19H,2-4,7-8,10H2,1H3. The molecule has 1 aliphatic rings. The number of ketones is 1. The molecule has 0 aliphatic heterocycles. The van der Waals surface area contributed by atoms with Crippen molar-refractivity contribution in [1.82, 2.24) is 4.90 Å². The fourth-order valence-electron chi connectivity index (χ4n) is 2.42. The lowest BCUT2D eigenvalue weighted by Gasteiger charge is -2.37. The van der Waals surface area contributed by atoms with Crippen LogP contribution in [0, 0.1) is 0 Å². The molecule has 0 unspecified atom stereocenters. The molecule has 2 N–H and O–H groups in total. The quantitative estimate of drug-likeness (QED) is 0.770. The number of hydrogen-bond donors (Lipinski definition) is 2. The molecule has 0 atom stereocenters. The Kier molecular flexibility index (Phi) is 4.56. The van der Waals surface area contributed by atoms with E-state index in [1.807, 2.05) is 0 Å². The average molecular weight is 263 g/mol. The van der Waals surface area contributed by atoms with Gasteiger partial charge in [-0.3, -0.25) is 9.69 Å². The minimum Gasteiger partial charge on any atom is -0.508 e. The van der Waals surface area contributed by atoms with Gasteiger partial charge in [0.25, 0.3) is 0 Å². The van der Waals surface area contributed by atoms with Gasteiger partial charge in [-0.1, -0.05) is 6.42 Å². The summed E-state index contributed by atoms with van der Waals surface area (Å²) < 4.78 is 0. The first kappa shape index (κ1) is 14.0. The first-order chi connectivity index (χ1) is 9.11. The number of carbonyl (C=O) groups is 1. The third kappa shape index (κ3) is 3.33. The molecule has 104 valence electrons. The van der Waals surface area contributed by atoms with Crippen molar-refractivity contribution < 1.29 is 15.0 Å². The zero-order valence-electron chi connectivity index (χ0n) is 11.3. The van der Waals surface area contributed by atoms with Crippen molar-refractivity contribution in [1.29, 1.82) is 0 Å². The molecule has 1 aromatic carbocycles. The molecule has 1 aromatic rings. The van der Waals surface area contributed by atoms with Crippen molar-refractivity contribution in [3.63, 3.8) is 0 Å². The number of Topliss-reactive ketones (excluding diaryl/α,β-unsaturated/α-hetero) is 1. The van der Waals surface area contributed by atoms with Crippen LogP contribution in [0.1, 0.15) is 42.1 Å². The van der Waals surface area contributed by atoms with Crippen LogP contribution in [0.2, 0.25) is 0 Å². The maximum Gasteiger partial charge on any atom is 0.159 e. The lowest BCUT2D eigenvalue weighted by molar-refractivity contribution is 0.0935. The fourth-order valence-corrected chi connectivity index (χ4v) is 2.42. The van der Waals surface area contributed by atoms with Crippen molar-refractivity contribution in [3.05, 3.63) is 29.3 Å². The van der Waals surface area contributed by atoms with E-state index in [-0.39, 0.29) is 18.1 Å². The van der Waals surface area contributed by atoms with Gasteiger partial charge in [-0.25, -0.2) is 0 Å². The highest BCUT2D eigenvalue weighted by Gasteiger charge is 2.25. The van der Waals surface area contributed by atoms with Crippen molar-refractivity contribution in [2.45, 2.75) is 38.8 Å². The van der Waals surface area contributed by atoms with Crippen LogP contribution in [-0.2, 0) is 6.54 Å². The molecular formula is C15H21NO3. The number of aromatic hydroxyl groups is 1. The summed E-state index contributed by atoms with van der Waals surface area (Å²) in [5, 5.41) is 19.0. The van der Waals surface area contributed by atoms with E-state index in [0.717, 1.165) is 18.4 Å². The molecule has 0 saturated heterocycles. The molecule has 1 aliphatic carbocycles. The summed E-state index contributed by atoms with van der Waals surface area (Å²) in [5.74, 6) is 0.214. The first-order valence-corrected chi connectivity index (χ1v) is 6.79. The summed E-state index contributed by atoms with van der Waals surface area (Å²) in [4.78, 5) is 13.6. The van der Waals surface area contributed by atoms with Gasteiger partial charge in [-0.2, -0.15) is 0 Å². The van der Waals surface area contributed by atoms with E-state index in [4.69, 9.17) is 5.11 Å². The highest BCUT2D eigenvalue weighted by Crippen LogP contribution is 2.28. The second-order valence-electron chi connectivity index (χ2n) is 5.18. The Labute approximate surface area is 113 Å². The van der Waals surface area contributed by atoms with Gasteiger partial charge in [0, 0.05) is 30.3 Å². The van der Waals surface area contributed by atoms with E-state index in [9.17, 15) is 9.90 Å². The molecule has 2 rings (SSSR count). The highest BCUT2D eigenvalue weighted by atomic mass is 16.3. The normalized spacial score (nSPS) is 15.5. The summed E-state index contributed by atoms with van der Waals surface area (Å²) >= 11 is 0. The number of phenols is 1. The van der Waals surface area contributed by atoms with Crippen LogP contribution < -0.4 is 0 Å². The predicted octanol–water partition coefficient (Wildman–Crippen LogP) is 1.94. The van der Waals surface area contributed by atoms with Gasteiger partial charge >= 0.3 is 0 Å².